The molecule has 19 heavy (non-hydrogen) atoms. The van der Waals surface area contributed by atoms with Crippen LogP contribution in [0.5, 0.6) is 11.5 Å². The Labute approximate surface area is 140 Å². The molecule has 5 nitrogen and oxygen atoms in total. The van der Waals surface area contributed by atoms with E-state index in [2.05, 4.69) is 4.72 Å². The van der Waals surface area contributed by atoms with E-state index in [1.54, 1.807) is 12.1 Å². The third-order valence-corrected chi connectivity index (χ3v) is 3.97. The summed E-state index contributed by atoms with van der Waals surface area (Å²) in [5, 5.41) is 19.0. The van der Waals surface area contributed by atoms with Crippen molar-refractivity contribution in [1.82, 2.24) is 4.72 Å². The normalized spacial score (nSPS) is 24.5. The first kappa shape index (κ1) is 17.0. The Balaban J connectivity index is 0.00000180. The van der Waals surface area contributed by atoms with Crippen LogP contribution in [0.15, 0.2) is 18.2 Å². The van der Waals surface area contributed by atoms with E-state index in [1.807, 2.05) is 0 Å². The second-order valence-electron chi connectivity index (χ2n) is 4.64. The van der Waals surface area contributed by atoms with E-state index in [0.29, 0.717) is 0 Å². The van der Waals surface area contributed by atoms with Crippen molar-refractivity contribution >= 4 is 11.3 Å². The smallest absolute Gasteiger partial charge is 0.760 e. The van der Waals surface area contributed by atoms with Crippen molar-refractivity contribution in [3.05, 3.63) is 23.8 Å². The minimum Gasteiger partial charge on any atom is -0.760 e. The van der Waals surface area contributed by atoms with Crippen LogP contribution in [0.1, 0.15) is 37.2 Å². The van der Waals surface area contributed by atoms with Gasteiger partial charge in [-0.2, -0.15) is 0 Å². The number of aromatic hydroxyl groups is 2. The number of benzene rings is 1. The maximum absolute atomic E-state index is 10.5. The zero-order valence-corrected chi connectivity index (χ0v) is 14.1. The summed E-state index contributed by atoms with van der Waals surface area (Å²) in [4.78, 5) is 0. The van der Waals surface area contributed by atoms with Gasteiger partial charge in [0.1, 0.15) is 11.5 Å². The molecule has 0 heterocycles. The van der Waals surface area contributed by atoms with Crippen molar-refractivity contribution < 1.29 is 51.7 Å². The minimum absolute atomic E-state index is 0. The van der Waals surface area contributed by atoms with Crippen molar-refractivity contribution in [2.75, 3.05) is 0 Å². The Morgan fingerprint density at radius 2 is 1.84 bits per heavy atom. The van der Waals surface area contributed by atoms with Crippen LogP contribution in [0.2, 0.25) is 0 Å². The maximum Gasteiger partial charge on any atom is 3.00 e. The van der Waals surface area contributed by atoms with Gasteiger partial charge in [0.05, 0.1) is 0 Å². The molecule has 1 unspecified atom stereocenters. The first-order chi connectivity index (χ1) is 8.56. The van der Waals surface area contributed by atoms with Crippen LogP contribution in [0, 0.1) is 0 Å². The molecule has 1 aliphatic carbocycles. The Morgan fingerprint density at radius 3 is 2.37 bits per heavy atom. The van der Waals surface area contributed by atoms with Gasteiger partial charge in [-0.15, -0.1) is 0 Å². The first-order valence-electron chi connectivity index (χ1n) is 5.93. The number of phenols is 2. The monoisotopic (exact) mass is 359 g/mol. The molecule has 2 rings (SSSR count). The first-order valence-corrected chi connectivity index (χ1v) is 7.01. The molecular formula is C12H16NO4SY+2. The Hall–Kier alpha value is -0.00610. The van der Waals surface area contributed by atoms with Gasteiger partial charge in [-0.1, -0.05) is 6.07 Å². The van der Waals surface area contributed by atoms with Crippen LogP contribution in [-0.2, 0) is 44.0 Å². The summed E-state index contributed by atoms with van der Waals surface area (Å²) in [7, 11) is 0. The van der Waals surface area contributed by atoms with E-state index in [-0.39, 0.29) is 56.2 Å². The second kappa shape index (κ2) is 7.69. The van der Waals surface area contributed by atoms with Gasteiger partial charge < -0.3 is 14.8 Å². The number of rotatable bonds is 3. The fourth-order valence-electron chi connectivity index (χ4n) is 2.54. The molecule has 1 atom stereocenters. The molecule has 100 valence electrons. The van der Waals surface area contributed by atoms with Gasteiger partial charge in [0, 0.05) is 23.4 Å². The zero-order chi connectivity index (χ0) is 13.1. The molecule has 0 amide bonds. The predicted molar refractivity (Wildman–Crippen MR) is 66.8 cm³/mol. The van der Waals surface area contributed by atoms with Crippen molar-refractivity contribution in [3.8, 4) is 11.5 Å². The van der Waals surface area contributed by atoms with Gasteiger partial charge in [-0.25, -0.2) is 4.72 Å². The van der Waals surface area contributed by atoms with Crippen LogP contribution < -0.4 is 4.72 Å². The van der Waals surface area contributed by atoms with E-state index in [0.717, 1.165) is 31.2 Å². The molecule has 0 spiro atoms. The fourth-order valence-corrected chi connectivity index (χ4v) is 3.04. The van der Waals surface area contributed by atoms with Gasteiger partial charge in [-0.05, 0) is 43.2 Å². The molecule has 0 saturated heterocycles. The third kappa shape index (κ3) is 4.79. The number of nitrogens with one attached hydrogen (secondary N) is 1. The van der Waals surface area contributed by atoms with Gasteiger partial charge >= 0.3 is 32.7 Å². The average Bonchev–Trinajstić information content (AvgIpc) is 2.30. The Morgan fingerprint density at radius 1 is 1.21 bits per heavy atom. The van der Waals surface area contributed by atoms with Gasteiger partial charge in [0.25, 0.3) is 0 Å². The number of hydrogen-bond acceptors (Lipinski definition) is 4. The zero-order valence-electron chi connectivity index (χ0n) is 10.4. The summed E-state index contributed by atoms with van der Waals surface area (Å²) in [6, 6.07) is 4.63. The molecule has 0 radical (unpaired) electrons. The van der Waals surface area contributed by atoms with E-state index in [9.17, 15) is 19.0 Å². The molecule has 1 aromatic carbocycles. The van der Waals surface area contributed by atoms with Crippen molar-refractivity contribution in [1.29, 1.82) is 0 Å². The molecular weight excluding hydrogens is 343 g/mol. The van der Waals surface area contributed by atoms with E-state index < -0.39 is 11.3 Å². The van der Waals surface area contributed by atoms with E-state index in [4.69, 9.17) is 0 Å². The Kier molecular flexibility index (Phi) is 6.90. The van der Waals surface area contributed by atoms with Gasteiger partial charge in [0.2, 0.25) is 0 Å². The largest absolute Gasteiger partial charge is 3.00 e. The average molecular weight is 359 g/mol. The number of phenolic OH excluding ortho intramolecular Hbond substituents is 2. The minimum atomic E-state index is -2.21. The molecule has 0 aliphatic heterocycles. The van der Waals surface area contributed by atoms with Crippen LogP contribution in [0.3, 0.4) is 0 Å². The molecule has 1 aromatic rings. The molecule has 3 N–H and O–H groups in total. The Bertz CT molecular complexity index is 449. The molecule has 1 saturated carbocycles. The van der Waals surface area contributed by atoms with Crippen molar-refractivity contribution in [2.45, 2.75) is 37.6 Å². The summed E-state index contributed by atoms with van der Waals surface area (Å²) < 4.78 is 23.6. The SMILES string of the molecule is O=S([O-])NC1CCC(c2ccc(O)cc2O)CC1.[Y+3]. The van der Waals surface area contributed by atoms with Crippen LogP contribution in [-0.4, -0.2) is 25.0 Å². The molecule has 0 bridgehead atoms. The van der Waals surface area contributed by atoms with Gasteiger partial charge in [0.15, 0.2) is 0 Å². The fraction of sp³-hybridized carbons (Fsp3) is 0.500. The number of hydrogen-bond donors (Lipinski definition) is 3. The summed E-state index contributed by atoms with van der Waals surface area (Å²) in [6.07, 6.45) is 3.18. The third-order valence-electron chi connectivity index (χ3n) is 3.44. The van der Waals surface area contributed by atoms with Crippen molar-refractivity contribution in [3.63, 3.8) is 0 Å². The summed E-state index contributed by atoms with van der Waals surface area (Å²) >= 11 is -2.21. The quantitative estimate of drug-likeness (QED) is 0.714. The summed E-state index contributed by atoms with van der Waals surface area (Å²) in [6.45, 7) is 0. The second-order valence-corrected chi connectivity index (χ2v) is 5.35. The van der Waals surface area contributed by atoms with E-state index in [1.165, 1.54) is 6.07 Å². The topological polar surface area (TPSA) is 92.6 Å². The summed E-state index contributed by atoms with van der Waals surface area (Å²) in [5.41, 5.74) is 0.828. The van der Waals surface area contributed by atoms with Crippen molar-refractivity contribution in [2.24, 2.45) is 0 Å². The summed E-state index contributed by atoms with van der Waals surface area (Å²) in [5.74, 6) is 0.385. The standard InChI is InChI=1S/C12H17NO4S.Y/c14-10-5-6-11(12(15)7-10)8-1-3-9(4-2-8)13-18(16)17;/h5-9,13-15H,1-4H2,(H,16,17);/q;+3/p-1. The predicted octanol–water partition coefficient (Wildman–Crippen LogP) is 1.51. The molecule has 0 aromatic heterocycles. The molecule has 1 aliphatic rings. The molecule has 7 heteroatoms. The van der Waals surface area contributed by atoms with E-state index >= 15 is 0 Å². The van der Waals surface area contributed by atoms with Crippen LogP contribution in [0.4, 0.5) is 0 Å². The van der Waals surface area contributed by atoms with Crippen LogP contribution >= 0.6 is 0 Å². The molecule has 1 fully saturated rings. The maximum atomic E-state index is 10.5. The van der Waals surface area contributed by atoms with Gasteiger partial charge in [-0.3, -0.25) is 4.21 Å². The van der Waals surface area contributed by atoms with Crippen LogP contribution in [0.25, 0.3) is 0 Å².